The van der Waals surface area contributed by atoms with Crippen LogP contribution in [-0.4, -0.2) is 49.8 Å². The van der Waals surface area contributed by atoms with Crippen LogP contribution in [0.3, 0.4) is 0 Å². The van der Waals surface area contributed by atoms with Crippen molar-refractivity contribution in [3.63, 3.8) is 0 Å². The molecule has 0 fully saturated rings. The van der Waals surface area contributed by atoms with Gasteiger partial charge >= 0.3 is 0 Å². The van der Waals surface area contributed by atoms with Crippen molar-refractivity contribution in [1.29, 1.82) is 0 Å². The second kappa shape index (κ2) is 8.74. The summed E-state index contributed by atoms with van der Waals surface area (Å²) in [7, 11) is 1.59. The molecule has 0 spiro atoms. The zero-order valence-corrected chi connectivity index (χ0v) is 11.6. The first kappa shape index (κ1) is 15.8. The number of hydrogen-bond donors (Lipinski definition) is 3. The van der Waals surface area contributed by atoms with E-state index in [4.69, 9.17) is 16.3 Å². The van der Waals surface area contributed by atoms with Crippen LogP contribution in [-0.2, 0) is 4.74 Å². The Labute approximate surface area is 117 Å². The van der Waals surface area contributed by atoms with E-state index in [1.807, 2.05) is 0 Å². The molecule has 1 amide bonds. The van der Waals surface area contributed by atoms with Gasteiger partial charge in [0.25, 0.3) is 5.91 Å². The Bertz CT molecular complexity index is 384. The van der Waals surface area contributed by atoms with Crippen LogP contribution >= 0.6 is 11.6 Å². The van der Waals surface area contributed by atoms with E-state index >= 15 is 0 Å². The average Bonchev–Trinajstić information content (AvgIpc) is 2.45. The number of alkyl halides is 1. The fraction of sp³-hybridized carbons (Fsp3) is 0.462. The molecular formula is C13H19ClN2O3. The molecule has 0 saturated heterocycles. The highest BCUT2D eigenvalue weighted by Crippen LogP contribution is 2.09. The lowest BCUT2D eigenvalue weighted by Gasteiger charge is -2.10. The Morgan fingerprint density at radius 1 is 1.42 bits per heavy atom. The Morgan fingerprint density at radius 2 is 2.11 bits per heavy atom. The van der Waals surface area contributed by atoms with Crippen LogP contribution in [0.25, 0.3) is 0 Å². The number of aliphatic hydroxyl groups excluding tert-OH is 1. The summed E-state index contributed by atoms with van der Waals surface area (Å²) in [6, 6.07) is 7.01. The Kier molecular flexibility index (Phi) is 7.25. The van der Waals surface area contributed by atoms with Crippen molar-refractivity contribution in [3.05, 3.63) is 29.8 Å². The van der Waals surface area contributed by atoms with Gasteiger partial charge in [-0.15, -0.1) is 11.6 Å². The lowest BCUT2D eigenvalue weighted by molar-refractivity contribution is 0.0937. The molecule has 106 valence electrons. The molecule has 1 rings (SSSR count). The lowest BCUT2D eigenvalue weighted by Crippen LogP contribution is -2.26. The maximum Gasteiger partial charge on any atom is 0.251 e. The quantitative estimate of drug-likeness (QED) is 0.494. The first-order chi connectivity index (χ1) is 9.17. The van der Waals surface area contributed by atoms with Gasteiger partial charge < -0.3 is 20.5 Å². The highest BCUT2D eigenvalue weighted by Gasteiger charge is 2.05. The molecule has 0 aliphatic heterocycles. The average molecular weight is 287 g/mol. The van der Waals surface area contributed by atoms with E-state index in [9.17, 15) is 9.90 Å². The van der Waals surface area contributed by atoms with Gasteiger partial charge in [0.05, 0.1) is 18.6 Å². The van der Waals surface area contributed by atoms with Gasteiger partial charge in [0.2, 0.25) is 0 Å². The summed E-state index contributed by atoms with van der Waals surface area (Å²) in [4.78, 5) is 11.7. The Hall–Kier alpha value is -1.30. The van der Waals surface area contributed by atoms with Gasteiger partial charge in [0.15, 0.2) is 0 Å². The third kappa shape index (κ3) is 5.92. The molecule has 0 aromatic heterocycles. The Morgan fingerprint density at radius 3 is 2.68 bits per heavy atom. The topological polar surface area (TPSA) is 70.6 Å². The molecule has 19 heavy (non-hydrogen) atoms. The zero-order chi connectivity index (χ0) is 14.1. The van der Waals surface area contributed by atoms with E-state index in [0.717, 1.165) is 5.69 Å². The highest BCUT2D eigenvalue weighted by atomic mass is 35.5. The van der Waals surface area contributed by atoms with Crippen LogP contribution in [0.4, 0.5) is 5.69 Å². The molecule has 0 radical (unpaired) electrons. The van der Waals surface area contributed by atoms with Crippen molar-refractivity contribution in [2.45, 2.75) is 6.10 Å². The molecule has 5 nitrogen and oxygen atoms in total. The smallest absolute Gasteiger partial charge is 0.251 e. The SMILES string of the molecule is COCCNC(=O)c1ccc(NCC(O)CCl)cc1. The minimum absolute atomic E-state index is 0.135. The van der Waals surface area contributed by atoms with Crippen LogP contribution in [0, 0.1) is 0 Å². The lowest BCUT2D eigenvalue weighted by atomic mass is 10.2. The summed E-state index contributed by atoms with van der Waals surface area (Å²) in [5.74, 6) is 0.0527. The minimum Gasteiger partial charge on any atom is -0.390 e. The minimum atomic E-state index is -0.585. The van der Waals surface area contributed by atoms with Gasteiger partial charge in [-0.3, -0.25) is 4.79 Å². The summed E-state index contributed by atoms with van der Waals surface area (Å²) in [5, 5.41) is 15.1. The normalized spacial score (nSPS) is 11.9. The molecule has 1 aromatic rings. The number of benzene rings is 1. The van der Waals surface area contributed by atoms with Crippen molar-refractivity contribution in [1.82, 2.24) is 5.32 Å². The number of ether oxygens (including phenoxy) is 1. The summed E-state index contributed by atoms with van der Waals surface area (Å²) in [6.45, 7) is 1.35. The molecular weight excluding hydrogens is 268 g/mol. The molecule has 0 bridgehead atoms. The van der Waals surface area contributed by atoms with Gasteiger partial charge in [-0.25, -0.2) is 0 Å². The Balaban J connectivity index is 2.44. The number of carbonyl (C=O) groups excluding carboxylic acids is 1. The summed E-state index contributed by atoms with van der Waals surface area (Å²) in [5.41, 5.74) is 1.41. The fourth-order valence-electron chi connectivity index (χ4n) is 1.40. The third-order valence-electron chi connectivity index (χ3n) is 2.46. The van der Waals surface area contributed by atoms with E-state index in [2.05, 4.69) is 10.6 Å². The number of hydrogen-bond acceptors (Lipinski definition) is 4. The molecule has 1 aromatic carbocycles. The van der Waals surface area contributed by atoms with Crippen molar-refractivity contribution >= 4 is 23.2 Å². The number of carbonyl (C=O) groups is 1. The van der Waals surface area contributed by atoms with Crippen LogP contribution in [0.2, 0.25) is 0 Å². The van der Waals surface area contributed by atoms with Crippen molar-refractivity contribution < 1.29 is 14.6 Å². The van der Waals surface area contributed by atoms with Gasteiger partial charge in [0, 0.05) is 31.5 Å². The summed E-state index contributed by atoms with van der Waals surface area (Å²) < 4.78 is 4.85. The number of nitrogens with one attached hydrogen (secondary N) is 2. The molecule has 1 unspecified atom stereocenters. The number of halogens is 1. The van der Waals surface area contributed by atoms with Gasteiger partial charge in [-0.2, -0.15) is 0 Å². The molecule has 0 saturated carbocycles. The van der Waals surface area contributed by atoms with Crippen LogP contribution in [0.15, 0.2) is 24.3 Å². The van der Waals surface area contributed by atoms with Crippen LogP contribution in [0.5, 0.6) is 0 Å². The van der Waals surface area contributed by atoms with E-state index in [1.165, 1.54) is 0 Å². The molecule has 6 heteroatoms. The number of aliphatic hydroxyl groups is 1. The van der Waals surface area contributed by atoms with Crippen molar-refractivity contribution in [3.8, 4) is 0 Å². The summed E-state index contributed by atoms with van der Waals surface area (Å²) >= 11 is 5.49. The molecule has 0 aliphatic carbocycles. The molecule has 1 atom stereocenters. The fourth-order valence-corrected chi connectivity index (χ4v) is 1.51. The predicted octanol–water partition coefficient (Wildman–Crippen LogP) is 1.07. The van der Waals surface area contributed by atoms with Gasteiger partial charge in [0.1, 0.15) is 0 Å². The standard InChI is InChI=1S/C13H19ClN2O3/c1-19-7-6-15-13(18)10-2-4-11(5-3-10)16-9-12(17)8-14/h2-5,12,16-17H,6-9H2,1H3,(H,15,18). The first-order valence-corrected chi connectivity index (χ1v) is 6.56. The molecule has 0 heterocycles. The largest absolute Gasteiger partial charge is 0.390 e. The van der Waals surface area contributed by atoms with Crippen LogP contribution < -0.4 is 10.6 Å². The number of rotatable bonds is 8. The second-order valence-electron chi connectivity index (χ2n) is 4.02. The second-order valence-corrected chi connectivity index (χ2v) is 4.32. The molecule has 3 N–H and O–H groups in total. The third-order valence-corrected chi connectivity index (χ3v) is 2.81. The maximum absolute atomic E-state index is 11.7. The van der Waals surface area contributed by atoms with Crippen molar-refractivity contribution in [2.24, 2.45) is 0 Å². The first-order valence-electron chi connectivity index (χ1n) is 6.02. The van der Waals surface area contributed by atoms with Gasteiger partial charge in [-0.05, 0) is 24.3 Å². The zero-order valence-electron chi connectivity index (χ0n) is 10.9. The van der Waals surface area contributed by atoms with E-state index in [0.29, 0.717) is 25.3 Å². The van der Waals surface area contributed by atoms with Gasteiger partial charge in [-0.1, -0.05) is 0 Å². The highest BCUT2D eigenvalue weighted by molar-refractivity contribution is 6.18. The predicted molar refractivity (Wildman–Crippen MR) is 75.9 cm³/mol. The maximum atomic E-state index is 11.7. The van der Waals surface area contributed by atoms with E-state index in [-0.39, 0.29) is 11.8 Å². The molecule has 0 aliphatic rings. The number of methoxy groups -OCH3 is 1. The van der Waals surface area contributed by atoms with E-state index in [1.54, 1.807) is 31.4 Å². The number of amides is 1. The van der Waals surface area contributed by atoms with E-state index < -0.39 is 6.10 Å². The van der Waals surface area contributed by atoms with Crippen molar-refractivity contribution in [2.75, 3.05) is 38.0 Å². The monoisotopic (exact) mass is 286 g/mol. The number of anilines is 1. The van der Waals surface area contributed by atoms with Crippen LogP contribution in [0.1, 0.15) is 10.4 Å². The summed E-state index contributed by atoms with van der Waals surface area (Å²) in [6.07, 6.45) is -0.585.